The van der Waals surface area contributed by atoms with Gasteiger partial charge >= 0.3 is 0 Å². The quantitative estimate of drug-likeness (QED) is 0.671. The summed E-state index contributed by atoms with van der Waals surface area (Å²) in [6.45, 7) is 1.52. The van der Waals surface area contributed by atoms with Crippen molar-refractivity contribution >= 4 is 5.91 Å². The molecule has 4 nitrogen and oxygen atoms in total. The number of aromatic nitrogens is 1. The Kier molecular flexibility index (Phi) is 5.99. The van der Waals surface area contributed by atoms with Crippen molar-refractivity contribution in [3.05, 3.63) is 102 Å². The molecule has 1 aromatic heterocycles. The summed E-state index contributed by atoms with van der Waals surface area (Å²) in [5.41, 5.74) is 7.83. The summed E-state index contributed by atoms with van der Waals surface area (Å²) in [6, 6.07) is 25.6. The molecule has 0 bridgehead atoms. The fraction of sp³-hybridized carbons (Fsp3) is 0.217. The first-order chi connectivity index (χ1) is 13.1. The summed E-state index contributed by atoms with van der Waals surface area (Å²) >= 11 is 0. The summed E-state index contributed by atoms with van der Waals surface area (Å²) < 4.78 is 0. The normalized spacial score (nSPS) is 13.3. The second-order valence-corrected chi connectivity index (χ2v) is 6.82. The third-order valence-corrected chi connectivity index (χ3v) is 4.95. The van der Waals surface area contributed by atoms with Gasteiger partial charge in [0.15, 0.2) is 0 Å². The third kappa shape index (κ3) is 4.23. The minimum atomic E-state index is -0.951. The number of carbonyl (C=O) groups excluding carboxylic acids is 1. The first-order valence-corrected chi connectivity index (χ1v) is 9.12. The number of amides is 1. The van der Waals surface area contributed by atoms with Crippen molar-refractivity contribution in [1.29, 1.82) is 0 Å². The average Bonchev–Trinajstić information content (AvgIpc) is 2.71. The molecule has 0 radical (unpaired) electrons. The molecule has 4 heteroatoms. The van der Waals surface area contributed by atoms with Crippen molar-refractivity contribution in [3.63, 3.8) is 0 Å². The van der Waals surface area contributed by atoms with E-state index in [9.17, 15) is 4.79 Å². The van der Waals surface area contributed by atoms with Gasteiger partial charge in [0.05, 0.1) is 5.69 Å². The largest absolute Gasteiger partial charge is 0.369 e. The third-order valence-electron chi connectivity index (χ3n) is 4.95. The van der Waals surface area contributed by atoms with Crippen molar-refractivity contribution in [1.82, 2.24) is 9.88 Å². The standard InChI is InChI=1S/C23H25N3O/c1-26(18-19-10-4-2-5-11-19)17-15-23(22(24)27,20-12-6-3-7-13-20)21-14-8-9-16-25-21/h2-14,16H,15,17-18H2,1H3,(H2,24,27). The Morgan fingerprint density at radius 3 is 2.19 bits per heavy atom. The topological polar surface area (TPSA) is 59.2 Å². The molecule has 0 aliphatic carbocycles. The molecule has 3 aromatic rings. The van der Waals surface area contributed by atoms with E-state index in [-0.39, 0.29) is 5.91 Å². The zero-order chi connectivity index (χ0) is 19.1. The van der Waals surface area contributed by atoms with Crippen LogP contribution in [0.15, 0.2) is 85.1 Å². The van der Waals surface area contributed by atoms with E-state index in [2.05, 4.69) is 29.1 Å². The summed E-state index contributed by atoms with van der Waals surface area (Å²) in [5, 5.41) is 0. The van der Waals surface area contributed by atoms with Gasteiger partial charge in [-0.15, -0.1) is 0 Å². The summed E-state index contributed by atoms with van der Waals surface area (Å²) in [5.74, 6) is -0.375. The highest BCUT2D eigenvalue weighted by Crippen LogP contribution is 2.34. The highest BCUT2D eigenvalue weighted by Gasteiger charge is 2.41. The van der Waals surface area contributed by atoms with Gasteiger partial charge in [-0.05, 0) is 43.3 Å². The van der Waals surface area contributed by atoms with Crippen LogP contribution in [0.1, 0.15) is 23.2 Å². The van der Waals surface area contributed by atoms with Gasteiger partial charge in [0.1, 0.15) is 5.41 Å². The second-order valence-electron chi connectivity index (χ2n) is 6.82. The van der Waals surface area contributed by atoms with E-state index in [4.69, 9.17) is 5.73 Å². The molecule has 0 aliphatic heterocycles. The van der Waals surface area contributed by atoms with E-state index in [1.807, 2.05) is 66.7 Å². The van der Waals surface area contributed by atoms with Crippen LogP contribution in [0.2, 0.25) is 0 Å². The molecule has 0 saturated heterocycles. The molecule has 1 heterocycles. The lowest BCUT2D eigenvalue weighted by Crippen LogP contribution is -2.45. The van der Waals surface area contributed by atoms with Crippen LogP contribution >= 0.6 is 0 Å². The SMILES string of the molecule is CN(CCC(C(N)=O)(c1ccccc1)c1ccccn1)Cc1ccccc1. The lowest BCUT2D eigenvalue weighted by atomic mass is 9.73. The van der Waals surface area contributed by atoms with Gasteiger partial charge in [-0.1, -0.05) is 66.7 Å². The van der Waals surface area contributed by atoms with E-state index in [1.54, 1.807) is 6.20 Å². The van der Waals surface area contributed by atoms with Gasteiger partial charge in [-0.25, -0.2) is 0 Å². The Morgan fingerprint density at radius 2 is 1.59 bits per heavy atom. The number of benzene rings is 2. The van der Waals surface area contributed by atoms with Gasteiger partial charge in [-0.2, -0.15) is 0 Å². The molecule has 0 spiro atoms. The predicted molar refractivity (Wildman–Crippen MR) is 108 cm³/mol. The molecule has 0 aliphatic rings. The number of nitrogens with zero attached hydrogens (tertiary/aromatic N) is 2. The maximum absolute atomic E-state index is 12.8. The second kappa shape index (κ2) is 8.60. The predicted octanol–water partition coefficient (Wildman–Crippen LogP) is 3.38. The Bertz CT molecular complexity index is 811. The number of nitrogens with two attached hydrogens (primary N) is 1. The smallest absolute Gasteiger partial charge is 0.234 e. The number of primary amides is 1. The van der Waals surface area contributed by atoms with Crippen LogP contribution in [-0.4, -0.2) is 29.4 Å². The Balaban J connectivity index is 1.89. The Labute approximate surface area is 160 Å². The van der Waals surface area contributed by atoms with Crippen LogP contribution in [0, 0.1) is 0 Å². The maximum atomic E-state index is 12.8. The van der Waals surface area contributed by atoms with Crippen LogP contribution < -0.4 is 5.73 Å². The summed E-state index contributed by atoms with van der Waals surface area (Å²) in [7, 11) is 2.06. The van der Waals surface area contributed by atoms with Crippen molar-refractivity contribution < 1.29 is 4.79 Å². The van der Waals surface area contributed by atoms with Crippen LogP contribution in [0.3, 0.4) is 0 Å². The molecule has 1 atom stereocenters. The molecular weight excluding hydrogens is 334 g/mol. The van der Waals surface area contributed by atoms with E-state index in [1.165, 1.54) is 5.56 Å². The first-order valence-electron chi connectivity index (χ1n) is 9.12. The van der Waals surface area contributed by atoms with Crippen LogP contribution in [0.5, 0.6) is 0 Å². The number of rotatable bonds is 8. The number of hydrogen-bond acceptors (Lipinski definition) is 3. The van der Waals surface area contributed by atoms with E-state index in [0.717, 1.165) is 12.1 Å². The molecule has 1 amide bonds. The lowest BCUT2D eigenvalue weighted by Gasteiger charge is -2.32. The molecule has 0 saturated carbocycles. The van der Waals surface area contributed by atoms with Crippen molar-refractivity contribution in [2.75, 3.05) is 13.6 Å². The van der Waals surface area contributed by atoms with Crippen molar-refractivity contribution in [2.24, 2.45) is 5.73 Å². The fourth-order valence-corrected chi connectivity index (χ4v) is 3.48. The van der Waals surface area contributed by atoms with Gasteiger partial charge in [-0.3, -0.25) is 9.78 Å². The zero-order valence-corrected chi connectivity index (χ0v) is 15.6. The first kappa shape index (κ1) is 18.8. The van der Waals surface area contributed by atoms with Gasteiger partial charge < -0.3 is 10.6 Å². The molecular formula is C23H25N3O. The zero-order valence-electron chi connectivity index (χ0n) is 15.6. The lowest BCUT2D eigenvalue weighted by molar-refractivity contribution is -0.122. The summed E-state index contributed by atoms with van der Waals surface area (Å²) in [4.78, 5) is 19.5. The molecule has 1 unspecified atom stereocenters. The maximum Gasteiger partial charge on any atom is 0.234 e. The highest BCUT2D eigenvalue weighted by molar-refractivity contribution is 5.90. The van der Waals surface area contributed by atoms with Crippen LogP contribution in [-0.2, 0) is 16.8 Å². The molecule has 0 fully saturated rings. The molecule has 3 rings (SSSR count). The highest BCUT2D eigenvalue weighted by atomic mass is 16.1. The van der Waals surface area contributed by atoms with E-state index in [0.29, 0.717) is 18.7 Å². The van der Waals surface area contributed by atoms with Gasteiger partial charge in [0.2, 0.25) is 5.91 Å². The molecule has 2 N–H and O–H groups in total. The molecule has 2 aromatic carbocycles. The van der Waals surface area contributed by atoms with E-state index >= 15 is 0 Å². The van der Waals surface area contributed by atoms with Crippen molar-refractivity contribution in [3.8, 4) is 0 Å². The van der Waals surface area contributed by atoms with Gasteiger partial charge in [0.25, 0.3) is 0 Å². The molecule has 27 heavy (non-hydrogen) atoms. The Morgan fingerprint density at radius 1 is 0.963 bits per heavy atom. The van der Waals surface area contributed by atoms with E-state index < -0.39 is 5.41 Å². The summed E-state index contributed by atoms with van der Waals surface area (Å²) in [6.07, 6.45) is 2.27. The number of hydrogen-bond donors (Lipinski definition) is 1. The van der Waals surface area contributed by atoms with Crippen LogP contribution in [0.4, 0.5) is 0 Å². The Hall–Kier alpha value is -2.98. The van der Waals surface area contributed by atoms with Gasteiger partial charge in [0, 0.05) is 12.7 Å². The van der Waals surface area contributed by atoms with Crippen LogP contribution in [0.25, 0.3) is 0 Å². The minimum Gasteiger partial charge on any atom is -0.369 e. The fourth-order valence-electron chi connectivity index (χ4n) is 3.48. The average molecular weight is 359 g/mol. The monoisotopic (exact) mass is 359 g/mol. The minimum absolute atomic E-state index is 0.375. The van der Waals surface area contributed by atoms with Crippen molar-refractivity contribution in [2.45, 2.75) is 18.4 Å². The number of carbonyl (C=O) groups is 1. The molecule has 138 valence electrons. The number of pyridine rings is 1.